The third kappa shape index (κ3) is 21.4. The number of allylic oxidation sites excluding steroid dienone is 2. The van der Waals surface area contributed by atoms with Crippen molar-refractivity contribution >= 4 is 13.7 Å². The Morgan fingerprint density at radius 1 is 1.03 bits per heavy atom. The summed E-state index contributed by atoms with van der Waals surface area (Å²) in [5, 5.41) is 2.68. The molecule has 0 fully saturated rings. The Kier molecular flexibility index (Phi) is 18.2. The summed E-state index contributed by atoms with van der Waals surface area (Å²) in [7, 11) is -4.56. The van der Waals surface area contributed by atoms with Gasteiger partial charge in [0.05, 0.1) is 12.6 Å². The molecule has 0 rings (SSSR count). The smallest absolute Gasteiger partial charge is 0.350 e. The fourth-order valence-corrected chi connectivity index (χ4v) is 3.33. The number of amides is 1. The maximum Gasteiger partial charge on any atom is 0.469 e. The normalized spacial score (nSPS) is 12.8. The van der Waals surface area contributed by atoms with Crippen LogP contribution in [0.5, 0.6) is 0 Å². The van der Waals surface area contributed by atoms with E-state index in [0.29, 0.717) is 6.42 Å². The first-order valence-electron chi connectivity index (χ1n) is 11.0. The molecule has 1 atom stereocenters. The van der Waals surface area contributed by atoms with E-state index in [0.717, 1.165) is 32.1 Å². The van der Waals surface area contributed by atoms with Gasteiger partial charge < -0.3 is 15.1 Å². The predicted molar refractivity (Wildman–Crippen MR) is 118 cm³/mol. The highest BCUT2D eigenvalue weighted by molar-refractivity contribution is 7.46. The van der Waals surface area contributed by atoms with E-state index in [-0.39, 0.29) is 18.9 Å². The van der Waals surface area contributed by atoms with Crippen LogP contribution in [0.25, 0.3) is 0 Å². The number of terminal acetylenes is 1. The van der Waals surface area contributed by atoms with Crippen molar-refractivity contribution in [3.05, 3.63) is 12.2 Å². The Labute approximate surface area is 177 Å². The molecule has 0 spiro atoms. The predicted octanol–water partition coefficient (Wildman–Crippen LogP) is 5.25. The Balaban J connectivity index is 3.63. The maximum atomic E-state index is 11.9. The summed E-state index contributed by atoms with van der Waals surface area (Å²) >= 11 is 0. The van der Waals surface area contributed by atoms with E-state index in [4.69, 9.17) is 16.2 Å². The monoisotopic (exact) mass is 429 g/mol. The molecule has 0 aliphatic carbocycles. The molecular formula is C22H40NO5P. The van der Waals surface area contributed by atoms with Gasteiger partial charge in [-0.25, -0.2) is 4.57 Å². The van der Waals surface area contributed by atoms with Crippen LogP contribution in [0, 0.1) is 12.3 Å². The second kappa shape index (κ2) is 18.9. The first-order valence-corrected chi connectivity index (χ1v) is 12.5. The van der Waals surface area contributed by atoms with Crippen LogP contribution in [-0.4, -0.2) is 28.3 Å². The zero-order chi connectivity index (χ0) is 21.8. The van der Waals surface area contributed by atoms with Gasteiger partial charge >= 0.3 is 7.82 Å². The average molecular weight is 430 g/mol. The van der Waals surface area contributed by atoms with E-state index < -0.39 is 13.9 Å². The Bertz CT molecular complexity index is 524. The Morgan fingerprint density at radius 2 is 1.59 bits per heavy atom. The number of carbonyl (C=O) groups is 1. The number of rotatable bonds is 19. The first-order chi connectivity index (χ1) is 13.9. The highest BCUT2D eigenvalue weighted by atomic mass is 31.2. The van der Waals surface area contributed by atoms with Gasteiger partial charge in [-0.3, -0.25) is 9.32 Å². The minimum atomic E-state index is -4.56. The SMILES string of the molecule is C#CC[C@H](COP(=O)(O)O)NC(=O)CCCCCC/C=C\CCCCCCCC. The highest BCUT2D eigenvalue weighted by Crippen LogP contribution is 2.35. The van der Waals surface area contributed by atoms with Crippen LogP contribution >= 0.6 is 7.82 Å². The van der Waals surface area contributed by atoms with E-state index in [1.165, 1.54) is 44.9 Å². The number of phosphoric acid groups is 1. The molecule has 0 saturated heterocycles. The van der Waals surface area contributed by atoms with Crippen molar-refractivity contribution in [1.29, 1.82) is 0 Å². The van der Waals surface area contributed by atoms with Gasteiger partial charge in [0.25, 0.3) is 0 Å². The van der Waals surface area contributed by atoms with Gasteiger partial charge in [-0.05, 0) is 32.1 Å². The molecule has 168 valence electrons. The van der Waals surface area contributed by atoms with Crippen LogP contribution in [0.4, 0.5) is 0 Å². The molecule has 0 unspecified atom stereocenters. The molecule has 0 aromatic carbocycles. The quantitative estimate of drug-likeness (QED) is 0.113. The standard InChI is InChI=1S/C22H40NO5P/c1-3-5-6-7-8-9-10-11-12-13-14-15-16-17-19-22(24)23-21(18-4-2)20-28-29(25,26)27/h2,11-12,21H,3,5-10,13-20H2,1H3,(H,23,24)(H2,25,26,27)/b12-11-/t21-/m1/s1. The van der Waals surface area contributed by atoms with Gasteiger partial charge in [0.1, 0.15) is 0 Å². The third-order valence-corrected chi connectivity index (χ3v) is 5.07. The molecular weight excluding hydrogens is 389 g/mol. The van der Waals surface area contributed by atoms with Crippen molar-refractivity contribution in [2.24, 2.45) is 0 Å². The molecule has 7 heteroatoms. The molecule has 3 N–H and O–H groups in total. The third-order valence-electron chi connectivity index (χ3n) is 4.59. The molecule has 6 nitrogen and oxygen atoms in total. The molecule has 0 heterocycles. The molecule has 0 aromatic heterocycles. The summed E-state index contributed by atoms with van der Waals surface area (Å²) in [6.45, 7) is 1.94. The van der Waals surface area contributed by atoms with E-state index in [1.54, 1.807) is 0 Å². The van der Waals surface area contributed by atoms with E-state index in [2.05, 4.69) is 34.8 Å². The fourth-order valence-electron chi connectivity index (χ4n) is 2.96. The number of hydrogen-bond donors (Lipinski definition) is 3. The topological polar surface area (TPSA) is 95.9 Å². The fraction of sp³-hybridized carbons (Fsp3) is 0.773. The van der Waals surface area contributed by atoms with Crippen molar-refractivity contribution in [2.75, 3.05) is 6.61 Å². The second-order valence-corrected chi connectivity index (χ2v) is 8.68. The maximum absolute atomic E-state index is 11.9. The minimum absolute atomic E-state index is 0.164. The van der Waals surface area contributed by atoms with Crippen molar-refractivity contribution in [3.63, 3.8) is 0 Å². The summed E-state index contributed by atoms with van der Waals surface area (Å²) in [6.07, 6.45) is 24.6. The van der Waals surface area contributed by atoms with Gasteiger partial charge in [0.15, 0.2) is 0 Å². The van der Waals surface area contributed by atoms with E-state index in [1.807, 2.05) is 0 Å². The lowest BCUT2D eigenvalue weighted by molar-refractivity contribution is -0.122. The van der Waals surface area contributed by atoms with E-state index in [9.17, 15) is 9.36 Å². The lowest BCUT2D eigenvalue weighted by Gasteiger charge is -2.16. The minimum Gasteiger partial charge on any atom is -0.350 e. The number of nitrogens with one attached hydrogen (secondary N) is 1. The zero-order valence-corrected chi connectivity index (χ0v) is 18.9. The first kappa shape index (κ1) is 27.9. The highest BCUT2D eigenvalue weighted by Gasteiger charge is 2.19. The van der Waals surface area contributed by atoms with Crippen LogP contribution in [0.15, 0.2) is 12.2 Å². The van der Waals surface area contributed by atoms with Gasteiger partial charge in [-0.1, -0.05) is 64.0 Å². The van der Waals surface area contributed by atoms with Crippen LogP contribution in [0.2, 0.25) is 0 Å². The summed E-state index contributed by atoms with van der Waals surface area (Å²) in [5.41, 5.74) is 0. The summed E-state index contributed by atoms with van der Waals surface area (Å²) in [5.74, 6) is 2.21. The van der Waals surface area contributed by atoms with Crippen LogP contribution in [0.3, 0.4) is 0 Å². The van der Waals surface area contributed by atoms with Gasteiger partial charge in [0, 0.05) is 12.8 Å². The molecule has 0 bridgehead atoms. The summed E-state index contributed by atoms with van der Waals surface area (Å²) in [6, 6.07) is -0.586. The largest absolute Gasteiger partial charge is 0.469 e. The average Bonchev–Trinajstić information content (AvgIpc) is 2.66. The molecule has 1 amide bonds. The van der Waals surface area contributed by atoms with Crippen LogP contribution in [-0.2, 0) is 13.9 Å². The van der Waals surface area contributed by atoms with Crippen molar-refractivity contribution < 1.29 is 23.7 Å². The molecule has 0 saturated carbocycles. The van der Waals surface area contributed by atoms with Crippen LogP contribution in [0.1, 0.15) is 96.8 Å². The van der Waals surface area contributed by atoms with Gasteiger partial charge in [-0.2, -0.15) is 0 Å². The lowest BCUT2D eigenvalue weighted by atomic mass is 10.1. The van der Waals surface area contributed by atoms with Crippen molar-refractivity contribution in [3.8, 4) is 12.3 Å². The summed E-state index contributed by atoms with van der Waals surface area (Å²) in [4.78, 5) is 29.4. The molecule has 0 aliphatic heterocycles. The van der Waals surface area contributed by atoms with Gasteiger partial charge in [-0.15, -0.1) is 12.3 Å². The second-order valence-electron chi connectivity index (χ2n) is 7.44. The molecule has 0 aliphatic rings. The number of carbonyl (C=O) groups excluding carboxylic acids is 1. The Morgan fingerprint density at radius 3 is 2.14 bits per heavy atom. The van der Waals surface area contributed by atoms with E-state index >= 15 is 0 Å². The zero-order valence-electron chi connectivity index (χ0n) is 18.0. The molecule has 0 radical (unpaired) electrons. The van der Waals surface area contributed by atoms with Crippen molar-refractivity contribution in [2.45, 2.75) is 103 Å². The van der Waals surface area contributed by atoms with Gasteiger partial charge in [0.2, 0.25) is 5.91 Å². The Hall–Kier alpha value is -1.12. The lowest BCUT2D eigenvalue weighted by Crippen LogP contribution is -2.37. The van der Waals surface area contributed by atoms with Crippen LogP contribution < -0.4 is 5.32 Å². The summed E-state index contributed by atoms with van der Waals surface area (Å²) < 4.78 is 15.2. The molecule has 0 aromatic rings. The number of phosphoric ester groups is 1. The molecule has 29 heavy (non-hydrogen) atoms. The van der Waals surface area contributed by atoms with Crippen molar-refractivity contribution in [1.82, 2.24) is 5.32 Å². The number of unbranched alkanes of at least 4 members (excludes halogenated alkanes) is 10. The number of hydrogen-bond acceptors (Lipinski definition) is 3.